The summed E-state index contributed by atoms with van der Waals surface area (Å²) in [4.78, 5) is 47.2. The van der Waals surface area contributed by atoms with Gasteiger partial charge in [-0.3, -0.25) is 19.3 Å². The van der Waals surface area contributed by atoms with Crippen molar-refractivity contribution < 1.29 is 18.4 Å². The highest BCUT2D eigenvalue weighted by molar-refractivity contribution is 8.00. The topological polar surface area (TPSA) is 96.6 Å². The maximum atomic E-state index is 15.1. The van der Waals surface area contributed by atoms with E-state index in [1.807, 2.05) is 19.9 Å². The van der Waals surface area contributed by atoms with E-state index in [1.54, 1.807) is 60.7 Å². The SMILES string of the molecule is Cc1cc2oc3c(c(=O)c2cc1C)C1(C(=O)N(Cc2ccc(F)cc2)c2ccccc21)N(c1nnc(SCc2ccc(Cl)cc2Cl)s1)C3=O. The van der Waals surface area contributed by atoms with Crippen LogP contribution in [0.1, 0.15) is 43.9 Å². The van der Waals surface area contributed by atoms with Gasteiger partial charge in [-0.25, -0.2) is 4.39 Å². The molecule has 244 valence electrons. The molecular formula is C36H23Cl2FN4O4S2. The third-order valence-corrected chi connectivity index (χ3v) is 11.6. The molecule has 8 rings (SSSR count). The van der Waals surface area contributed by atoms with Crippen LogP contribution in [-0.4, -0.2) is 22.0 Å². The van der Waals surface area contributed by atoms with Crippen LogP contribution >= 0.6 is 46.3 Å². The predicted molar refractivity (Wildman–Crippen MR) is 190 cm³/mol. The van der Waals surface area contributed by atoms with Crippen molar-refractivity contribution in [2.45, 2.75) is 36.0 Å². The van der Waals surface area contributed by atoms with Gasteiger partial charge in [-0.2, -0.15) is 0 Å². The molecule has 0 bridgehead atoms. The maximum Gasteiger partial charge on any atom is 0.297 e. The van der Waals surface area contributed by atoms with Gasteiger partial charge in [-0.05, 0) is 78.6 Å². The maximum absolute atomic E-state index is 15.1. The number of amides is 2. The summed E-state index contributed by atoms with van der Waals surface area (Å²) in [5, 5.41) is 10.1. The summed E-state index contributed by atoms with van der Waals surface area (Å²) in [6.07, 6.45) is 0. The zero-order valence-electron chi connectivity index (χ0n) is 25.8. The summed E-state index contributed by atoms with van der Waals surface area (Å²) in [5.41, 5.74) is 1.88. The molecular weight excluding hydrogens is 706 g/mol. The van der Waals surface area contributed by atoms with Crippen LogP contribution in [0.4, 0.5) is 15.2 Å². The van der Waals surface area contributed by atoms with E-state index in [0.717, 1.165) is 28.0 Å². The Balaban J connectivity index is 1.31. The Labute approximate surface area is 297 Å². The molecule has 1 unspecified atom stereocenters. The van der Waals surface area contributed by atoms with Gasteiger partial charge in [0.2, 0.25) is 10.9 Å². The van der Waals surface area contributed by atoms with Gasteiger partial charge in [0.05, 0.1) is 23.2 Å². The van der Waals surface area contributed by atoms with Crippen molar-refractivity contribution in [3.05, 3.63) is 144 Å². The molecule has 49 heavy (non-hydrogen) atoms. The van der Waals surface area contributed by atoms with Crippen LogP contribution in [0.2, 0.25) is 10.0 Å². The Morgan fingerprint density at radius 1 is 0.939 bits per heavy atom. The Kier molecular flexibility index (Phi) is 7.64. The number of carbonyl (C=O) groups excluding carboxylic acids is 2. The summed E-state index contributed by atoms with van der Waals surface area (Å²) in [6, 6.07) is 21.5. The number of benzene rings is 4. The molecule has 0 saturated carbocycles. The van der Waals surface area contributed by atoms with Crippen molar-refractivity contribution in [1.29, 1.82) is 0 Å². The number of rotatable bonds is 6. The Morgan fingerprint density at radius 3 is 2.47 bits per heavy atom. The molecule has 1 spiro atoms. The van der Waals surface area contributed by atoms with Crippen LogP contribution < -0.4 is 15.2 Å². The molecule has 0 N–H and O–H groups in total. The smallest absolute Gasteiger partial charge is 0.297 e. The quantitative estimate of drug-likeness (QED) is 0.125. The lowest BCUT2D eigenvalue weighted by Crippen LogP contribution is -2.53. The van der Waals surface area contributed by atoms with Gasteiger partial charge < -0.3 is 9.32 Å². The predicted octanol–water partition coefficient (Wildman–Crippen LogP) is 8.45. The van der Waals surface area contributed by atoms with Crippen LogP contribution in [0, 0.1) is 19.7 Å². The molecule has 2 aliphatic rings. The molecule has 8 nitrogen and oxygen atoms in total. The molecule has 13 heteroatoms. The first-order valence-corrected chi connectivity index (χ1v) is 17.6. The van der Waals surface area contributed by atoms with E-state index in [4.69, 9.17) is 27.6 Å². The summed E-state index contributed by atoms with van der Waals surface area (Å²) in [7, 11) is 0. The lowest BCUT2D eigenvalue weighted by molar-refractivity contribution is -0.121. The normalized spacial score (nSPS) is 16.7. The fraction of sp³-hybridized carbons (Fsp3) is 0.139. The average Bonchev–Trinajstić information content (AvgIpc) is 3.72. The van der Waals surface area contributed by atoms with Crippen LogP contribution in [-0.2, 0) is 22.6 Å². The van der Waals surface area contributed by atoms with Crippen LogP contribution in [0.25, 0.3) is 11.0 Å². The Bertz CT molecular complexity index is 2430. The van der Waals surface area contributed by atoms with E-state index in [2.05, 4.69) is 10.2 Å². The van der Waals surface area contributed by atoms with Crippen molar-refractivity contribution in [3.63, 3.8) is 0 Å². The zero-order chi connectivity index (χ0) is 34.2. The molecule has 0 radical (unpaired) electrons. The summed E-state index contributed by atoms with van der Waals surface area (Å²) < 4.78 is 20.6. The molecule has 4 aromatic carbocycles. The van der Waals surface area contributed by atoms with Gasteiger partial charge in [0.15, 0.2) is 15.3 Å². The number of fused-ring (bicyclic) bond motifs is 5. The number of nitrogens with zero attached hydrogens (tertiary/aromatic N) is 4. The molecule has 1 atom stereocenters. The van der Waals surface area contributed by atoms with Crippen LogP contribution in [0.5, 0.6) is 0 Å². The van der Waals surface area contributed by atoms with Crippen molar-refractivity contribution in [2.24, 2.45) is 0 Å². The molecule has 6 aromatic rings. The number of thioether (sulfide) groups is 1. The summed E-state index contributed by atoms with van der Waals surface area (Å²) in [6.45, 7) is 3.83. The van der Waals surface area contributed by atoms with Crippen molar-refractivity contribution in [1.82, 2.24) is 10.2 Å². The Morgan fingerprint density at radius 2 is 1.69 bits per heavy atom. The van der Waals surface area contributed by atoms with Gasteiger partial charge in [0.1, 0.15) is 11.4 Å². The van der Waals surface area contributed by atoms with E-state index < -0.39 is 28.6 Å². The van der Waals surface area contributed by atoms with E-state index in [1.165, 1.54) is 33.7 Å². The molecule has 4 heterocycles. The number of hydrogen-bond acceptors (Lipinski definition) is 8. The van der Waals surface area contributed by atoms with Gasteiger partial charge in [-0.15, -0.1) is 10.2 Å². The minimum Gasteiger partial charge on any atom is -0.450 e. The third kappa shape index (κ3) is 4.90. The monoisotopic (exact) mass is 728 g/mol. The number of carbonyl (C=O) groups is 2. The molecule has 0 saturated heterocycles. The lowest BCUT2D eigenvalue weighted by Gasteiger charge is -2.32. The van der Waals surface area contributed by atoms with Gasteiger partial charge in [-0.1, -0.05) is 82.7 Å². The van der Waals surface area contributed by atoms with Crippen LogP contribution in [0.3, 0.4) is 0 Å². The third-order valence-electron chi connectivity index (χ3n) is 8.95. The first-order chi connectivity index (χ1) is 23.6. The van der Waals surface area contributed by atoms with E-state index in [9.17, 15) is 14.0 Å². The van der Waals surface area contributed by atoms with Crippen molar-refractivity contribution in [3.8, 4) is 0 Å². The first kappa shape index (κ1) is 31.7. The van der Waals surface area contributed by atoms with Crippen molar-refractivity contribution >= 4 is 79.9 Å². The summed E-state index contributed by atoms with van der Waals surface area (Å²) in [5.74, 6) is -1.43. The number of hydrogen-bond donors (Lipinski definition) is 0. The average molecular weight is 730 g/mol. The number of para-hydroxylation sites is 1. The van der Waals surface area contributed by atoms with Crippen LogP contribution in [0.15, 0.2) is 92.4 Å². The number of halogens is 3. The minimum absolute atomic E-state index is 0.0610. The molecule has 2 amide bonds. The molecule has 2 aliphatic heterocycles. The molecule has 0 fully saturated rings. The van der Waals surface area contributed by atoms with Crippen molar-refractivity contribution in [2.75, 3.05) is 9.80 Å². The lowest BCUT2D eigenvalue weighted by atomic mass is 9.84. The van der Waals surface area contributed by atoms with E-state index in [-0.39, 0.29) is 34.0 Å². The Hall–Kier alpha value is -4.55. The first-order valence-electron chi connectivity index (χ1n) is 15.1. The standard InChI is InChI=1S/C36H23Cl2FN4O4S2/c1-18-13-24-28(14-19(18)2)47-31-29(30(24)44)36(25-5-3-4-6-27(25)42(33(36)46)16-20-7-11-23(39)12-8-20)43(32(31)45)34-40-41-35(49-34)48-17-21-9-10-22(37)15-26(21)38/h3-15H,16-17H2,1-2H3. The highest BCUT2D eigenvalue weighted by Gasteiger charge is 2.66. The second-order valence-corrected chi connectivity index (χ2v) is 14.9. The highest BCUT2D eigenvalue weighted by Crippen LogP contribution is 2.55. The fourth-order valence-electron chi connectivity index (χ4n) is 6.48. The molecule has 0 aliphatic carbocycles. The number of anilines is 2. The van der Waals surface area contributed by atoms with E-state index >= 15 is 4.79 Å². The van der Waals surface area contributed by atoms with E-state index in [0.29, 0.717) is 37.0 Å². The fourth-order valence-corrected chi connectivity index (χ4v) is 8.93. The minimum atomic E-state index is -1.95. The second kappa shape index (κ2) is 11.8. The highest BCUT2D eigenvalue weighted by atomic mass is 35.5. The number of aromatic nitrogens is 2. The summed E-state index contributed by atoms with van der Waals surface area (Å²) >= 11 is 14.9. The zero-order valence-corrected chi connectivity index (χ0v) is 28.9. The van der Waals surface area contributed by atoms with Gasteiger partial charge in [0, 0.05) is 21.4 Å². The van der Waals surface area contributed by atoms with Gasteiger partial charge in [0.25, 0.3) is 11.8 Å². The van der Waals surface area contributed by atoms with Gasteiger partial charge >= 0.3 is 0 Å². The number of aryl methyl sites for hydroxylation is 2. The largest absolute Gasteiger partial charge is 0.450 e. The molecule has 2 aromatic heterocycles. The second-order valence-electron chi connectivity index (χ2n) is 11.8.